The summed E-state index contributed by atoms with van der Waals surface area (Å²) >= 11 is 0. The number of aryl methyl sites for hydroxylation is 1. The Labute approximate surface area is 77.8 Å². The topological polar surface area (TPSA) is 15.8 Å². The molecule has 1 N–H and O–H groups in total. The third-order valence-corrected chi connectivity index (χ3v) is 2.04. The predicted octanol–water partition coefficient (Wildman–Crippen LogP) is 2.85. The van der Waals surface area contributed by atoms with E-state index in [1.54, 1.807) is 0 Å². The standard InChI is InChI=1S/C12H11N/c1-3-4-11-8-10-7-9(2)5-6-12(10)13-11/h5-8,13H,1-2H3. The van der Waals surface area contributed by atoms with Crippen molar-refractivity contribution >= 4 is 10.9 Å². The van der Waals surface area contributed by atoms with Gasteiger partial charge in [-0.15, -0.1) is 0 Å². The number of benzene rings is 1. The molecular formula is C12H11N. The van der Waals surface area contributed by atoms with Gasteiger partial charge in [0.1, 0.15) is 0 Å². The maximum Gasteiger partial charge on any atom is 0.0904 e. The molecular weight excluding hydrogens is 158 g/mol. The largest absolute Gasteiger partial charge is 0.348 e. The highest BCUT2D eigenvalue weighted by Crippen LogP contribution is 2.16. The Balaban J connectivity index is 2.66. The zero-order chi connectivity index (χ0) is 9.26. The summed E-state index contributed by atoms with van der Waals surface area (Å²) in [6.07, 6.45) is 0. The van der Waals surface area contributed by atoms with Crippen LogP contribution in [-0.4, -0.2) is 4.98 Å². The first-order chi connectivity index (χ1) is 6.29. The molecule has 0 aliphatic heterocycles. The molecule has 1 nitrogen and oxygen atoms in total. The summed E-state index contributed by atoms with van der Waals surface area (Å²) in [5.74, 6) is 5.89. The molecule has 0 atom stereocenters. The van der Waals surface area contributed by atoms with Crippen molar-refractivity contribution in [2.45, 2.75) is 13.8 Å². The number of fused-ring (bicyclic) bond motifs is 1. The van der Waals surface area contributed by atoms with Crippen LogP contribution in [0.1, 0.15) is 18.2 Å². The van der Waals surface area contributed by atoms with Crippen molar-refractivity contribution in [3.05, 3.63) is 35.5 Å². The van der Waals surface area contributed by atoms with Crippen LogP contribution in [-0.2, 0) is 0 Å². The molecule has 1 heterocycles. The molecule has 0 amide bonds. The number of hydrogen-bond acceptors (Lipinski definition) is 0. The Bertz CT molecular complexity index is 495. The van der Waals surface area contributed by atoms with Crippen molar-refractivity contribution < 1.29 is 0 Å². The SMILES string of the molecule is CC#Cc1cc2cc(C)ccc2[nH]1. The van der Waals surface area contributed by atoms with Gasteiger partial charge in [0.25, 0.3) is 0 Å². The summed E-state index contributed by atoms with van der Waals surface area (Å²) in [7, 11) is 0. The lowest BCUT2D eigenvalue weighted by molar-refractivity contribution is 1.41. The third-order valence-electron chi connectivity index (χ3n) is 2.04. The molecule has 0 spiro atoms. The highest BCUT2D eigenvalue weighted by molar-refractivity contribution is 5.82. The van der Waals surface area contributed by atoms with Crippen LogP contribution < -0.4 is 0 Å². The molecule has 0 radical (unpaired) electrons. The molecule has 0 bridgehead atoms. The maximum absolute atomic E-state index is 3.25. The van der Waals surface area contributed by atoms with Crippen molar-refractivity contribution in [1.82, 2.24) is 4.98 Å². The van der Waals surface area contributed by atoms with E-state index in [-0.39, 0.29) is 0 Å². The van der Waals surface area contributed by atoms with E-state index >= 15 is 0 Å². The van der Waals surface area contributed by atoms with Gasteiger partial charge in [-0.25, -0.2) is 0 Å². The summed E-state index contributed by atoms with van der Waals surface area (Å²) in [6, 6.07) is 8.43. The lowest BCUT2D eigenvalue weighted by Crippen LogP contribution is -1.71. The molecule has 0 saturated heterocycles. The van der Waals surface area contributed by atoms with Gasteiger partial charge in [-0.2, -0.15) is 0 Å². The van der Waals surface area contributed by atoms with Crippen LogP contribution in [0.25, 0.3) is 10.9 Å². The number of rotatable bonds is 0. The fourth-order valence-electron chi connectivity index (χ4n) is 1.45. The molecule has 0 unspecified atom stereocenters. The molecule has 2 aromatic rings. The van der Waals surface area contributed by atoms with E-state index in [4.69, 9.17) is 0 Å². The van der Waals surface area contributed by atoms with Gasteiger partial charge in [0.05, 0.1) is 5.69 Å². The second-order valence-corrected chi connectivity index (χ2v) is 3.15. The first kappa shape index (κ1) is 7.94. The first-order valence-electron chi connectivity index (χ1n) is 4.32. The normalized spacial score (nSPS) is 9.69. The molecule has 1 heteroatoms. The van der Waals surface area contributed by atoms with E-state index in [1.807, 2.05) is 6.92 Å². The van der Waals surface area contributed by atoms with Gasteiger partial charge >= 0.3 is 0 Å². The van der Waals surface area contributed by atoms with E-state index < -0.39 is 0 Å². The monoisotopic (exact) mass is 169 g/mol. The molecule has 2 rings (SSSR count). The van der Waals surface area contributed by atoms with Gasteiger partial charge in [0.15, 0.2) is 0 Å². The highest BCUT2D eigenvalue weighted by atomic mass is 14.7. The van der Waals surface area contributed by atoms with E-state index in [9.17, 15) is 0 Å². The summed E-state index contributed by atoms with van der Waals surface area (Å²) in [4.78, 5) is 3.25. The highest BCUT2D eigenvalue weighted by Gasteiger charge is 1.97. The molecule has 0 aliphatic carbocycles. The molecule has 64 valence electrons. The van der Waals surface area contributed by atoms with Crippen molar-refractivity contribution in [2.24, 2.45) is 0 Å². The zero-order valence-electron chi connectivity index (χ0n) is 7.81. The number of H-pyrrole nitrogens is 1. The summed E-state index contributed by atoms with van der Waals surface area (Å²) in [6.45, 7) is 3.94. The van der Waals surface area contributed by atoms with E-state index in [0.717, 1.165) is 11.2 Å². The summed E-state index contributed by atoms with van der Waals surface area (Å²) < 4.78 is 0. The number of nitrogens with one attached hydrogen (secondary N) is 1. The number of hydrogen-bond donors (Lipinski definition) is 1. The Morgan fingerprint density at radius 3 is 2.85 bits per heavy atom. The lowest BCUT2D eigenvalue weighted by atomic mass is 10.2. The maximum atomic E-state index is 3.25. The lowest BCUT2D eigenvalue weighted by Gasteiger charge is -1.90. The minimum Gasteiger partial charge on any atom is -0.348 e. The van der Waals surface area contributed by atoms with Crippen LogP contribution in [0, 0.1) is 18.8 Å². The molecule has 13 heavy (non-hydrogen) atoms. The van der Waals surface area contributed by atoms with E-state index in [0.29, 0.717) is 0 Å². The van der Waals surface area contributed by atoms with E-state index in [1.165, 1.54) is 10.9 Å². The van der Waals surface area contributed by atoms with Gasteiger partial charge in [0.2, 0.25) is 0 Å². The van der Waals surface area contributed by atoms with Crippen LogP contribution in [0.2, 0.25) is 0 Å². The molecule has 1 aromatic carbocycles. The third kappa shape index (κ3) is 1.43. The van der Waals surface area contributed by atoms with Crippen molar-refractivity contribution in [1.29, 1.82) is 0 Å². The number of aromatic nitrogens is 1. The van der Waals surface area contributed by atoms with Gasteiger partial charge in [0, 0.05) is 10.9 Å². The van der Waals surface area contributed by atoms with Crippen LogP contribution in [0.5, 0.6) is 0 Å². The fourth-order valence-corrected chi connectivity index (χ4v) is 1.45. The van der Waals surface area contributed by atoms with Crippen LogP contribution in [0.4, 0.5) is 0 Å². The van der Waals surface area contributed by atoms with Gasteiger partial charge in [-0.3, -0.25) is 0 Å². The van der Waals surface area contributed by atoms with Crippen LogP contribution in [0.15, 0.2) is 24.3 Å². The van der Waals surface area contributed by atoms with Gasteiger partial charge in [-0.05, 0) is 38.0 Å². The first-order valence-corrected chi connectivity index (χ1v) is 4.32. The molecule has 0 aliphatic rings. The average Bonchev–Trinajstić information content (AvgIpc) is 2.46. The Kier molecular flexibility index (Phi) is 1.83. The van der Waals surface area contributed by atoms with Crippen LogP contribution in [0.3, 0.4) is 0 Å². The average molecular weight is 169 g/mol. The smallest absolute Gasteiger partial charge is 0.0904 e. The number of aromatic amines is 1. The molecule has 1 aromatic heterocycles. The van der Waals surface area contributed by atoms with Gasteiger partial charge in [-0.1, -0.05) is 17.6 Å². The van der Waals surface area contributed by atoms with E-state index in [2.05, 4.69) is 48.0 Å². The summed E-state index contributed by atoms with van der Waals surface area (Å²) in [5, 5.41) is 1.23. The second-order valence-electron chi connectivity index (χ2n) is 3.15. The fraction of sp³-hybridized carbons (Fsp3) is 0.167. The molecule has 0 fully saturated rings. The second kappa shape index (κ2) is 2.99. The zero-order valence-corrected chi connectivity index (χ0v) is 7.81. The molecule has 0 saturated carbocycles. The quantitative estimate of drug-likeness (QED) is 0.584. The van der Waals surface area contributed by atoms with Crippen molar-refractivity contribution in [3.63, 3.8) is 0 Å². The summed E-state index contributed by atoms with van der Waals surface area (Å²) in [5.41, 5.74) is 3.42. The predicted molar refractivity (Wildman–Crippen MR) is 55.6 cm³/mol. The van der Waals surface area contributed by atoms with Crippen molar-refractivity contribution in [3.8, 4) is 11.8 Å². The van der Waals surface area contributed by atoms with Gasteiger partial charge < -0.3 is 4.98 Å². The minimum atomic E-state index is 0.989. The minimum absolute atomic E-state index is 0.989. The Hall–Kier alpha value is -1.68. The Morgan fingerprint density at radius 1 is 1.23 bits per heavy atom. The van der Waals surface area contributed by atoms with Crippen molar-refractivity contribution in [2.75, 3.05) is 0 Å². The Morgan fingerprint density at radius 2 is 2.08 bits per heavy atom. The van der Waals surface area contributed by atoms with Crippen LogP contribution >= 0.6 is 0 Å².